The smallest absolute Gasteiger partial charge is 0.311 e. The van der Waals surface area contributed by atoms with Gasteiger partial charge in [-0.1, -0.05) is 11.6 Å². The monoisotopic (exact) mass is 294 g/mol. The van der Waals surface area contributed by atoms with Crippen molar-refractivity contribution in [3.05, 3.63) is 49.8 Å². The predicted molar refractivity (Wildman–Crippen MR) is 59.6 cm³/mol. The zero-order chi connectivity index (χ0) is 14.4. The Morgan fingerprint density at radius 2 is 1.89 bits per heavy atom. The van der Waals surface area contributed by atoms with E-state index in [9.17, 15) is 22.8 Å². The molecule has 0 aliphatic heterocycles. The molecule has 0 aliphatic rings. The normalized spacial score (nSPS) is 11.8. The van der Waals surface area contributed by atoms with E-state index in [4.69, 9.17) is 11.6 Å². The fraction of sp³-hybridized carbons (Fsp3) is 0.200. The summed E-state index contributed by atoms with van der Waals surface area (Å²) in [5.74, 6) is -1.80. The maximum Gasteiger partial charge on any atom is 0.498 e. The molecule has 0 atom stereocenters. The van der Waals surface area contributed by atoms with Crippen molar-refractivity contribution in [1.82, 2.24) is 9.31 Å². The second kappa shape index (κ2) is 4.30. The lowest BCUT2D eigenvalue weighted by molar-refractivity contribution is -0.209. The number of hydrogen-bond donors (Lipinski definition) is 0. The predicted octanol–water partition coefficient (Wildman–Crippen LogP) is 2.03. The highest BCUT2D eigenvalue weighted by atomic mass is 35.5. The first-order valence-electron chi connectivity index (χ1n) is 4.91. The first kappa shape index (κ1) is 13.5. The first-order chi connectivity index (χ1) is 8.71. The average Bonchev–Trinajstić information content (AvgIpc) is 2.57. The third-order valence-electron chi connectivity index (χ3n) is 2.35. The topological polar surface area (TPSA) is 57.1 Å². The molecule has 0 saturated carbocycles. The highest BCUT2D eigenvalue weighted by molar-refractivity contribution is 6.31. The van der Waals surface area contributed by atoms with Gasteiger partial charge in [-0.15, -0.1) is 22.5 Å². The number of nitrogens with zero attached hydrogens (tertiary/aromatic N) is 2. The van der Waals surface area contributed by atoms with Gasteiger partial charge in [0.25, 0.3) is 0 Å². The molecule has 2 aromatic rings. The van der Waals surface area contributed by atoms with Crippen LogP contribution in [0.4, 0.5) is 13.2 Å². The van der Waals surface area contributed by atoms with E-state index in [1.807, 2.05) is 0 Å². The van der Waals surface area contributed by atoms with Gasteiger partial charge in [-0.2, -0.15) is 0 Å². The van der Waals surface area contributed by atoms with Crippen molar-refractivity contribution in [2.75, 3.05) is 0 Å². The van der Waals surface area contributed by atoms with Gasteiger partial charge >= 0.3 is 17.7 Å². The maximum atomic E-state index is 12.5. The van der Waals surface area contributed by atoms with Crippen molar-refractivity contribution in [1.29, 1.82) is 0 Å². The Balaban J connectivity index is 2.69. The summed E-state index contributed by atoms with van der Waals surface area (Å²) in [6.45, 7) is 1.59. The lowest BCUT2D eigenvalue weighted by atomic mass is 10.2. The van der Waals surface area contributed by atoms with E-state index in [-0.39, 0.29) is 10.4 Å². The number of hydrogen-bond acceptors (Lipinski definition) is 3. The van der Waals surface area contributed by atoms with Crippen LogP contribution >= 0.6 is 11.6 Å². The summed E-state index contributed by atoms with van der Waals surface area (Å²) >= 11 is 5.75. The summed E-state index contributed by atoms with van der Waals surface area (Å²) < 4.78 is 41.0. The minimum Gasteiger partial charge on any atom is -0.311 e. The van der Waals surface area contributed by atoms with E-state index in [0.29, 0.717) is 10.6 Å². The summed E-state index contributed by atoms with van der Waals surface area (Å²) in [6.07, 6.45) is -5.13. The first-order valence-corrected chi connectivity index (χ1v) is 5.28. The molecule has 0 bridgehead atoms. The highest BCUT2D eigenvalue weighted by Crippen LogP contribution is 2.20. The van der Waals surface area contributed by atoms with Gasteiger partial charge in [0.15, 0.2) is 0 Å². The van der Waals surface area contributed by atoms with Crippen LogP contribution in [-0.4, -0.2) is 9.31 Å². The van der Waals surface area contributed by atoms with E-state index < -0.39 is 22.3 Å². The van der Waals surface area contributed by atoms with Gasteiger partial charge in [0.1, 0.15) is 0 Å². The van der Waals surface area contributed by atoms with Crippen molar-refractivity contribution in [3.63, 3.8) is 0 Å². The van der Waals surface area contributed by atoms with E-state index in [0.717, 1.165) is 0 Å². The van der Waals surface area contributed by atoms with Crippen LogP contribution in [0.3, 0.4) is 0 Å². The van der Waals surface area contributed by atoms with Gasteiger partial charge in [-0.25, -0.2) is 9.59 Å². The Hall–Kier alpha value is -1.96. The number of benzene rings is 1. The molecule has 1 heterocycles. The molecule has 102 valence electrons. The Morgan fingerprint density at radius 3 is 2.37 bits per heavy atom. The summed E-state index contributed by atoms with van der Waals surface area (Å²) in [5.41, 5.74) is -1.13. The number of alkyl halides is 3. The van der Waals surface area contributed by atoms with Gasteiger partial charge in [0.2, 0.25) is 0 Å². The van der Waals surface area contributed by atoms with Gasteiger partial charge in [-0.3, -0.25) is 0 Å². The third-order valence-corrected chi connectivity index (χ3v) is 2.77. The van der Waals surface area contributed by atoms with Crippen LogP contribution in [0, 0.1) is 6.92 Å². The van der Waals surface area contributed by atoms with Crippen molar-refractivity contribution >= 4 is 11.6 Å². The quantitative estimate of drug-likeness (QED) is 0.808. The van der Waals surface area contributed by atoms with Crippen molar-refractivity contribution in [2.24, 2.45) is 0 Å². The van der Waals surface area contributed by atoms with Gasteiger partial charge in [0.05, 0.1) is 5.69 Å². The van der Waals surface area contributed by atoms with Crippen molar-refractivity contribution in [3.8, 4) is 5.69 Å². The Bertz CT molecular complexity index is 742. The van der Waals surface area contributed by atoms with Crippen molar-refractivity contribution in [2.45, 2.75) is 13.2 Å². The number of aryl methyl sites for hydroxylation is 1. The fourth-order valence-corrected chi connectivity index (χ4v) is 1.57. The molecule has 0 aliphatic carbocycles. The Labute approximate surface area is 108 Å². The zero-order valence-corrected chi connectivity index (χ0v) is 10.1. The summed E-state index contributed by atoms with van der Waals surface area (Å²) in [7, 11) is 0. The molecule has 0 radical (unpaired) electrons. The minimum atomic E-state index is -5.13. The molecule has 9 heteroatoms. The molecule has 0 unspecified atom stereocenters. The lowest BCUT2D eigenvalue weighted by Gasteiger charge is -2.03. The number of rotatable bonds is 1. The molecule has 1 aromatic heterocycles. The molecule has 5 nitrogen and oxygen atoms in total. The summed E-state index contributed by atoms with van der Waals surface area (Å²) in [6, 6.07) is 3.97. The molecule has 19 heavy (non-hydrogen) atoms. The zero-order valence-electron chi connectivity index (χ0n) is 9.36. The van der Waals surface area contributed by atoms with E-state index in [1.165, 1.54) is 18.2 Å². The maximum absolute atomic E-state index is 12.5. The largest absolute Gasteiger partial charge is 0.498 e. The SMILES string of the molecule is Cc1cc(-n2oc(=O)n(C(F)(F)F)c2=O)ccc1Cl. The average molecular weight is 295 g/mol. The molecule has 0 N–H and O–H groups in total. The highest BCUT2D eigenvalue weighted by Gasteiger charge is 2.38. The fourth-order valence-electron chi connectivity index (χ4n) is 1.46. The van der Waals surface area contributed by atoms with E-state index in [2.05, 4.69) is 4.52 Å². The number of halogens is 4. The number of aromatic nitrogens is 2. The third kappa shape index (κ3) is 2.30. The summed E-state index contributed by atoms with van der Waals surface area (Å²) in [5, 5.41) is 0.370. The second-order valence-electron chi connectivity index (χ2n) is 3.67. The van der Waals surface area contributed by atoms with Gasteiger partial charge in [0, 0.05) is 5.02 Å². The van der Waals surface area contributed by atoms with E-state index in [1.54, 1.807) is 6.92 Å². The molecule has 0 spiro atoms. The van der Waals surface area contributed by atoms with Crippen molar-refractivity contribution < 1.29 is 17.7 Å². The van der Waals surface area contributed by atoms with Crippen LogP contribution in [0.5, 0.6) is 0 Å². The molecule has 0 fully saturated rings. The van der Waals surface area contributed by atoms with Crippen LogP contribution in [0.25, 0.3) is 5.69 Å². The molecule has 2 rings (SSSR count). The van der Waals surface area contributed by atoms with Gasteiger partial charge < -0.3 is 4.52 Å². The molecule has 0 saturated heterocycles. The standard InChI is InChI=1S/C10H6ClF3N2O3/c1-5-4-6(2-3-7(5)11)16-8(17)15(9(18)19-16)10(12,13)14/h2-4H,1H3. The summed E-state index contributed by atoms with van der Waals surface area (Å²) in [4.78, 5) is 22.6. The van der Waals surface area contributed by atoms with Gasteiger partial charge in [-0.05, 0) is 30.7 Å². The molecular formula is C10H6ClF3N2O3. The molecule has 0 amide bonds. The Morgan fingerprint density at radius 1 is 1.26 bits per heavy atom. The van der Waals surface area contributed by atoms with E-state index >= 15 is 0 Å². The minimum absolute atomic E-state index is 0.0213. The second-order valence-corrected chi connectivity index (χ2v) is 4.08. The lowest BCUT2D eigenvalue weighted by Crippen LogP contribution is -2.37. The Kier molecular flexibility index (Phi) is 3.05. The van der Waals surface area contributed by atoms with Crippen LogP contribution in [-0.2, 0) is 6.30 Å². The van der Waals surface area contributed by atoms with Crippen LogP contribution in [0.1, 0.15) is 5.56 Å². The molecule has 1 aromatic carbocycles. The molecular weight excluding hydrogens is 289 g/mol. The van der Waals surface area contributed by atoms with Crippen LogP contribution < -0.4 is 11.4 Å². The van der Waals surface area contributed by atoms with Crippen LogP contribution in [0.2, 0.25) is 5.02 Å². The van der Waals surface area contributed by atoms with Crippen LogP contribution in [0.15, 0.2) is 32.3 Å².